The summed E-state index contributed by atoms with van der Waals surface area (Å²) in [6.07, 6.45) is 0.991. The Kier molecular flexibility index (Phi) is 8.00. The first-order valence-electron chi connectivity index (χ1n) is 8.61. The first-order chi connectivity index (χ1) is 12.5. The number of benzene rings is 2. The molecule has 0 saturated carbocycles. The Morgan fingerprint density at radius 1 is 1.08 bits per heavy atom. The Balaban J connectivity index is 1.92. The second kappa shape index (κ2) is 10.2. The molecule has 26 heavy (non-hydrogen) atoms. The molecule has 0 spiro atoms. The Labute approximate surface area is 165 Å². The quantitative estimate of drug-likeness (QED) is 0.715. The Morgan fingerprint density at radius 2 is 1.77 bits per heavy atom. The van der Waals surface area contributed by atoms with Crippen LogP contribution in [-0.2, 0) is 11.2 Å². The second-order valence-corrected chi connectivity index (χ2v) is 6.65. The average Bonchev–Trinajstić information content (AvgIpc) is 2.63. The fourth-order valence-corrected chi connectivity index (χ4v) is 2.91. The molecule has 2 aromatic carbocycles. The molecule has 0 fully saturated rings. The minimum Gasteiger partial charge on any atom is -0.315 e. The number of carbonyl (C=O) groups is 1. The number of carbonyl (C=O) groups excluding carboxylic acids is 1. The van der Waals surface area contributed by atoms with E-state index in [4.69, 9.17) is 23.2 Å². The SMILES string of the molecule is CCN(CC)CCc1ccc(NC(=O)C#Cc2ccc(Cl)cc2Cl)cc1. The number of likely N-dealkylation sites (N-methyl/N-ethyl adjacent to an activating group) is 1. The lowest BCUT2D eigenvalue weighted by Gasteiger charge is -2.17. The van der Waals surface area contributed by atoms with Crippen LogP contribution < -0.4 is 5.32 Å². The van der Waals surface area contributed by atoms with Gasteiger partial charge in [0.1, 0.15) is 0 Å². The van der Waals surface area contributed by atoms with E-state index in [1.165, 1.54) is 5.56 Å². The monoisotopic (exact) mass is 388 g/mol. The summed E-state index contributed by atoms with van der Waals surface area (Å²) in [6.45, 7) is 7.48. The molecule has 0 aliphatic heterocycles. The van der Waals surface area contributed by atoms with Gasteiger partial charge in [-0.3, -0.25) is 4.79 Å². The molecule has 1 amide bonds. The van der Waals surface area contributed by atoms with Gasteiger partial charge in [-0.25, -0.2) is 0 Å². The summed E-state index contributed by atoms with van der Waals surface area (Å²) < 4.78 is 0. The summed E-state index contributed by atoms with van der Waals surface area (Å²) in [5, 5.41) is 3.72. The molecule has 0 radical (unpaired) electrons. The number of halogens is 2. The topological polar surface area (TPSA) is 32.3 Å². The lowest BCUT2D eigenvalue weighted by molar-refractivity contribution is -0.111. The van der Waals surface area contributed by atoms with Crippen molar-refractivity contribution in [3.63, 3.8) is 0 Å². The summed E-state index contributed by atoms with van der Waals surface area (Å²) in [5.74, 6) is 4.92. The van der Waals surface area contributed by atoms with Crippen molar-refractivity contribution in [2.24, 2.45) is 0 Å². The molecule has 0 atom stereocenters. The number of hydrogen-bond acceptors (Lipinski definition) is 2. The molecule has 0 aromatic heterocycles. The minimum atomic E-state index is -0.382. The van der Waals surface area contributed by atoms with Crippen molar-refractivity contribution >= 4 is 34.8 Å². The normalized spacial score (nSPS) is 10.3. The maximum absolute atomic E-state index is 12.0. The van der Waals surface area contributed by atoms with E-state index < -0.39 is 0 Å². The highest BCUT2D eigenvalue weighted by Crippen LogP contribution is 2.20. The van der Waals surface area contributed by atoms with E-state index >= 15 is 0 Å². The van der Waals surface area contributed by atoms with Crippen molar-refractivity contribution < 1.29 is 4.79 Å². The van der Waals surface area contributed by atoms with Gasteiger partial charge in [0, 0.05) is 28.7 Å². The molecule has 0 aliphatic carbocycles. The average molecular weight is 389 g/mol. The van der Waals surface area contributed by atoms with Crippen LogP contribution in [0.1, 0.15) is 25.0 Å². The van der Waals surface area contributed by atoms with Gasteiger partial charge in [-0.15, -0.1) is 0 Å². The van der Waals surface area contributed by atoms with Crippen molar-refractivity contribution in [3.05, 3.63) is 63.6 Å². The number of amides is 1. The molecular formula is C21H22Cl2N2O. The van der Waals surface area contributed by atoms with E-state index in [0.29, 0.717) is 15.6 Å². The fourth-order valence-electron chi connectivity index (χ4n) is 2.46. The van der Waals surface area contributed by atoms with E-state index in [2.05, 4.69) is 35.9 Å². The molecule has 0 bridgehead atoms. The first-order valence-corrected chi connectivity index (χ1v) is 9.36. The highest BCUT2D eigenvalue weighted by atomic mass is 35.5. The van der Waals surface area contributed by atoms with Crippen molar-refractivity contribution in [2.45, 2.75) is 20.3 Å². The van der Waals surface area contributed by atoms with Gasteiger partial charge >= 0.3 is 5.91 Å². The van der Waals surface area contributed by atoms with Crippen LogP contribution in [0.5, 0.6) is 0 Å². The van der Waals surface area contributed by atoms with Gasteiger partial charge in [-0.2, -0.15) is 0 Å². The van der Waals surface area contributed by atoms with Crippen LogP contribution in [0, 0.1) is 11.8 Å². The third-order valence-electron chi connectivity index (χ3n) is 4.06. The lowest BCUT2D eigenvalue weighted by atomic mass is 10.1. The number of nitrogens with one attached hydrogen (secondary N) is 1. The van der Waals surface area contributed by atoms with E-state index in [1.807, 2.05) is 24.3 Å². The lowest BCUT2D eigenvalue weighted by Crippen LogP contribution is -2.25. The Morgan fingerprint density at radius 3 is 2.38 bits per heavy atom. The van der Waals surface area contributed by atoms with Crippen molar-refractivity contribution in [1.82, 2.24) is 4.90 Å². The fraction of sp³-hybridized carbons (Fsp3) is 0.286. The van der Waals surface area contributed by atoms with Crippen LogP contribution >= 0.6 is 23.2 Å². The number of anilines is 1. The molecule has 1 N–H and O–H groups in total. The van der Waals surface area contributed by atoms with Crippen LogP contribution in [-0.4, -0.2) is 30.4 Å². The standard InChI is InChI=1S/C21H22Cl2N2O/c1-3-25(4-2)14-13-16-5-10-19(11-6-16)24-21(26)12-8-17-7-9-18(22)15-20(17)23/h5-7,9-11,15H,3-4,13-14H2,1-2H3,(H,24,26). The van der Waals surface area contributed by atoms with Gasteiger partial charge in [-0.05, 0) is 55.4 Å². The Bertz CT molecular complexity index is 803. The van der Waals surface area contributed by atoms with E-state index in [1.54, 1.807) is 18.2 Å². The van der Waals surface area contributed by atoms with Crippen LogP contribution in [0.15, 0.2) is 42.5 Å². The number of hydrogen-bond donors (Lipinski definition) is 1. The van der Waals surface area contributed by atoms with Gasteiger partial charge in [0.2, 0.25) is 0 Å². The van der Waals surface area contributed by atoms with Crippen LogP contribution in [0.2, 0.25) is 10.0 Å². The van der Waals surface area contributed by atoms with Gasteiger partial charge in [0.25, 0.3) is 0 Å². The molecule has 5 heteroatoms. The predicted octanol–water partition coefficient (Wildman–Crippen LogP) is 4.87. The molecule has 2 aromatic rings. The molecule has 0 saturated heterocycles. The molecule has 0 unspecified atom stereocenters. The van der Waals surface area contributed by atoms with Crippen LogP contribution in [0.25, 0.3) is 0 Å². The van der Waals surface area contributed by atoms with E-state index in [9.17, 15) is 4.79 Å². The smallest absolute Gasteiger partial charge is 0.300 e. The summed E-state index contributed by atoms with van der Waals surface area (Å²) in [7, 11) is 0. The summed E-state index contributed by atoms with van der Waals surface area (Å²) in [4.78, 5) is 14.4. The van der Waals surface area contributed by atoms with Crippen molar-refractivity contribution in [2.75, 3.05) is 25.0 Å². The zero-order chi connectivity index (χ0) is 18.9. The summed E-state index contributed by atoms with van der Waals surface area (Å²) in [5.41, 5.74) is 2.53. The van der Waals surface area contributed by atoms with E-state index in [-0.39, 0.29) is 5.91 Å². The van der Waals surface area contributed by atoms with Crippen LogP contribution in [0.3, 0.4) is 0 Å². The highest BCUT2D eigenvalue weighted by molar-refractivity contribution is 6.35. The van der Waals surface area contributed by atoms with Crippen LogP contribution in [0.4, 0.5) is 5.69 Å². The first kappa shape index (κ1) is 20.3. The zero-order valence-corrected chi connectivity index (χ0v) is 16.5. The highest BCUT2D eigenvalue weighted by Gasteiger charge is 2.02. The molecular weight excluding hydrogens is 367 g/mol. The van der Waals surface area contributed by atoms with Crippen molar-refractivity contribution in [1.29, 1.82) is 0 Å². The zero-order valence-electron chi connectivity index (χ0n) is 15.0. The third kappa shape index (κ3) is 6.38. The maximum Gasteiger partial charge on any atom is 0.300 e. The van der Waals surface area contributed by atoms with Gasteiger partial charge in [0.15, 0.2) is 0 Å². The molecule has 0 aliphatic rings. The second-order valence-electron chi connectivity index (χ2n) is 5.80. The molecule has 2 rings (SSSR count). The molecule has 3 nitrogen and oxygen atoms in total. The van der Waals surface area contributed by atoms with Gasteiger partial charge in [-0.1, -0.05) is 55.1 Å². The summed E-state index contributed by atoms with van der Waals surface area (Å²) in [6, 6.07) is 12.8. The molecule has 136 valence electrons. The van der Waals surface area contributed by atoms with Crippen molar-refractivity contribution in [3.8, 4) is 11.8 Å². The minimum absolute atomic E-state index is 0.382. The number of nitrogens with zero attached hydrogens (tertiary/aromatic N) is 1. The third-order valence-corrected chi connectivity index (χ3v) is 4.61. The largest absolute Gasteiger partial charge is 0.315 e. The maximum atomic E-state index is 12.0. The molecule has 0 heterocycles. The van der Waals surface area contributed by atoms with Gasteiger partial charge < -0.3 is 10.2 Å². The van der Waals surface area contributed by atoms with Gasteiger partial charge in [0.05, 0.1) is 5.02 Å². The number of rotatable bonds is 6. The summed E-state index contributed by atoms with van der Waals surface area (Å²) >= 11 is 11.9. The van der Waals surface area contributed by atoms with E-state index in [0.717, 1.165) is 31.7 Å². The Hall–Kier alpha value is -1.99. The predicted molar refractivity (Wildman–Crippen MR) is 110 cm³/mol.